The van der Waals surface area contributed by atoms with Crippen LogP contribution in [0, 0.1) is 5.41 Å². The van der Waals surface area contributed by atoms with Gasteiger partial charge in [0.15, 0.2) is 0 Å². The highest BCUT2D eigenvalue weighted by Gasteiger charge is 2.03. The number of carbonyl (C=O) groups is 2. The van der Waals surface area contributed by atoms with Crippen LogP contribution < -0.4 is 0 Å². The summed E-state index contributed by atoms with van der Waals surface area (Å²) in [5, 5.41) is 16.5. The number of carboxylic acids is 2. The molecule has 0 spiro atoms. The third-order valence-electron chi connectivity index (χ3n) is 2.16. The molecule has 0 unspecified atom stereocenters. The molecule has 0 aromatic heterocycles. The summed E-state index contributed by atoms with van der Waals surface area (Å²) in [5.41, 5.74) is 1.02. The Bertz CT molecular complexity index is 546. The van der Waals surface area contributed by atoms with Crippen molar-refractivity contribution in [1.82, 2.24) is 0 Å². The van der Waals surface area contributed by atoms with E-state index in [1.54, 1.807) is 12.2 Å². The van der Waals surface area contributed by atoms with Gasteiger partial charge in [-0.25, -0.2) is 9.59 Å². The van der Waals surface area contributed by atoms with Gasteiger partial charge in [-0.1, -0.05) is 75.4 Å². The summed E-state index contributed by atoms with van der Waals surface area (Å²) in [4.78, 5) is 20.0. The molecular weight excluding hydrogens is 280 g/mol. The van der Waals surface area contributed by atoms with Crippen molar-refractivity contribution in [2.45, 2.75) is 20.8 Å². The van der Waals surface area contributed by atoms with E-state index in [0.29, 0.717) is 0 Å². The van der Waals surface area contributed by atoms with Crippen molar-refractivity contribution in [1.29, 1.82) is 0 Å². The maximum absolute atomic E-state index is 10.1. The molecule has 0 radical (unpaired) electrons. The molecule has 1 aromatic carbocycles. The average Bonchev–Trinajstić information content (AvgIpc) is 2.42. The van der Waals surface area contributed by atoms with Crippen LogP contribution in [0.2, 0.25) is 0 Å². The molecule has 0 saturated heterocycles. The van der Waals surface area contributed by atoms with Gasteiger partial charge in [-0.05, 0) is 11.0 Å². The minimum atomic E-state index is -0.933. The van der Waals surface area contributed by atoms with Crippen LogP contribution in [0.5, 0.6) is 0 Å². The number of aliphatic carboxylic acids is 2. The number of rotatable bonds is 4. The lowest BCUT2D eigenvalue weighted by atomic mass is 9.96. The van der Waals surface area contributed by atoms with Gasteiger partial charge < -0.3 is 10.2 Å². The van der Waals surface area contributed by atoms with Gasteiger partial charge in [0.2, 0.25) is 0 Å². The summed E-state index contributed by atoms with van der Waals surface area (Å²) in [5.74, 6) is -1.82. The van der Waals surface area contributed by atoms with Gasteiger partial charge in [0.05, 0.1) is 0 Å². The van der Waals surface area contributed by atoms with Gasteiger partial charge in [0, 0.05) is 12.2 Å². The molecule has 1 aromatic rings. The maximum atomic E-state index is 10.1. The number of hydrogen-bond donors (Lipinski definition) is 2. The zero-order chi connectivity index (χ0) is 17.0. The van der Waals surface area contributed by atoms with Crippen molar-refractivity contribution in [2.75, 3.05) is 0 Å². The minimum Gasteiger partial charge on any atom is -0.478 e. The molecule has 4 nitrogen and oxygen atoms in total. The first-order valence-corrected chi connectivity index (χ1v) is 6.75. The van der Waals surface area contributed by atoms with Gasteiger partial charge in [-0.15, -0.1) is 0 Å². The van der Waals surface area contributed by atoms with Gasteiger partial charge in [-0.3, -0.25) is 0 Å². The quantitative estimate of drug-likeness (QED) is 0.651. The number of allylic oxidation sites excluding steroid dienone is 3. The van der Waals surface area contributed by atoms with E-state index in [1.165, 1.54) is 12.2 Å². The van der Waals surface area contributed by atoms with E-state index >= 15 is 0 Å². The van der Waals surface area contributed by atoms with E-state index in [9.17, 15) is 9.59 Å². The molecule has 0 bridgehead atoms. The lowest BCUT2D eigenvalue weighted by Gasteiger charge is -2.09. The molecule has 22 heavy (non-hydrogen) atoms. The lowest BCUT2D eigenvalue weighted by Crippen LogP contribution is -2.00. The van der Waals surface area contributed by atoms with Crippen molar-refractivity contribution in [3.05, 3.63) is 66.3 Å². The molecule has 118 valence electrons. The third-order valence-corrected chi connectivity index (χ3v) is 2.16. The highest BCUT2D eigenvalue weighted by atomic mass is 16.4. The Labute approximate surface area is 131 Å². The van der Waals surface area contributed by atoms with E-state index in [2.05, 4.69) is 0 Å². The molecule has 0 fully saturated rings. The normalized spacial score (nSPS) is 11.6. The fraction of sp³-hybridized carbons (Fsp3) is 0.222. The standard InChI is InChI=1S/C11H10O2.C7H12O2/c12-11(13)9-5-4-8-10-6-2-1-3-7-10;1-7(2,3)5-4-6(8)9/h1-9H,(H,12,13);4-5H,1-3H3,(H,8,9). The summed E-state index contributed by atoms with van der Waals surface area (Å²) < 4.78 is 0. The average molecular weight is 302 g/mol. The van der Waals surface area contributed by atoms with Crippen LogP contribution in [0.1, 0.15) is 26.3 Å². The first kappa shape index (κ1) is 19.4. The van der Waals surface area contributed by atoms with Crippen molar-refractivity contribution >= 4 is 18.0 Å². The van der Waals surface area contributed by atoms with Gasteiger partial charge >= 0.3 is 11.9 Å². The van der Waals surface area contributed by atoms with Crippen LogP contribution in [0.4, 0.5) is 0 Å². The second kappa shape index (κ2) is 10.2. The molecule has 2 N–H and O–H groups in total. The smallest absolute Gasteiger partial charge is 0.328 e. The van der Waals surface area contributed by atoms with Crippen LogP contribution in [0.15, 0.2) is 60.7 Å². The molecular formula is C18H22O4. The van der Waals surface area contributed by atoms with E-state index in [1.807, 2.05) is 57.2 Å². The van der Waals surface area contributed by atoms with Crippen LogP contribution in [0.25, 0.3) is 6.08 Å². The number of benzene rings is 1. The highest BCUT2D eigenvalue weighted by Crippen LogP contribution is 2.13. The van der Waals surface area contributed by atoms with Crippen molar-refractivity contribution in [3.8, 4) is 0 Å². The van der Waals surface area contributed by atoms with E-state index in [4.69, 9.17) is 10.2 Å². The Kier molecular flexibility index (Phi) is 8.95. The zero-order valence-corrected chi connectivity index (χ0v) is 13.1. The zero-order valence-electron chi connectivity index (χ0n) is 13.1. The first-order valence-electron chi connectivity index (χ1n) is 6.75. The maximum Gasteiger partial charge on any atom is 0.328 e. The van der Waals surface area contributed by atoms with Gasteiger partial charge in [0.1, 0.15) is 0 Å². The molecule has 1 rings (SSSR count). The number of hydrogen-bond acceptors (Lipinski definition) is 2. The first-order chi connectivity index (χ1) is 10.2. The van der Waals surface area contributed by atoms with Crippen LogP contribution in [-0.4, -0.2) is 22.2 Å². The Balaban J connectivity index is 0.000000433. The van der Waals surface area contributed by atoms with Crippen LogP contribution in [0.3, 0.4) is 0 Å². The predicted molar refractivity (Wildman–Crippen MR) is 88.5 cm³/mol. The van der Waals surface area contributed by atoms with Crippen molar-refractivity contribution in [3.63, 3.8) is 0 Å². The van der Waals surface area contributed by atoms with Crippen LogP contribution >= 0.6 is 0 Å². The Morgan fingerprint density at radius 2 is 1.45 bits per heavy atom. The number of carboxylic acid groups (broad SMARTS) is 2. The van der Waals surface area contributed by atoms with E-state index in [-0.39, 0.29) is 5.41 Å². The SMILES string of the molecule is CC(C)(C)C=CC(=O)O.O=C(O)C=CC=Cc1ccccc1. The summed E-state index contributed by atoms with van der Waals surface area (Å²) in [6, 6.07) is 9.70. The molecule has 0 aliphatic rings. The molecule has 0 heterocycles. The van der Waals surface area contributed by atoms with Gasteiger partial charge in [0.25, 0.3) is 0 Å². The third kappa shape index (κ3) is 13.8. The Morgan fingerprint density at radius 3 is 1.86 bits per heavy atom. The second-order valence-corrected chi connectivity index (χ2v) is 5.50. The second-order valence-electron chi connectivity index (χ2n) is 5.50. The van der Waals surface area contributed by atoms with E-state index in [0.717, 1.165) is 11.6 Å². The summed E-state index contributed by atoms with van der Waals surface area (Å²) in [6.45, 7) is 5.85. The highest BCUT2D eigenvalue weighted by molar-refractivity contribution is 5.80. The molecule has 0 aliphatic carbocycles. The molecule has 4 heteroatoms. The predicted octanol–water partition coefficient (Wildman–Crippen LogP) is 4.01. The molecule has 0 amide bonds. The fourth-order valence-electron chi connectivity index (χ4n) is 1.19. The van der Waals surface area contributed by atoms with Crippen molar-refractivity contribution in [2.24, 2.45) is 5.41 Å². The van der Waals surface area contributed by atoms with E-state index < -0.39 is 11.9 Å². The monoisotopic (exact) mass is 302 g/mol. The molecule has 0 saturated carbocycles. The minimum absolute atomic E-state index is 0.0294. The summed E-state index contributed by atoms with van der Waals surface area (Å²) in [7, 11) is 0. The summed E-state index contributed by atoms with van der Waals surface area (Å²) in [6.07, 6.45) is 8.97. The Morgan fingerprint density at radius 1 is 0.909 bits per heavy atom. The lowest BCUT2D eigenvalue weighted by molar-refractivity contribution is -0.132. The molecule has 0 atom stereocenters. The van der Waals surface area contributed by atoms with Gasteiger partial charge in [-0.2, -0.15) is 0 Å². The topological polar surface area (TPSA) is 74.6 Å². The molecule has 0 aliphatic heterocycles. The summed E-state index contributed by atoms with van der Waals surface area (Å²) >= 11 is 0. The van der Waals surface area contributed by atoms with Crippen molar-refractivity contribution < 1.29 is 19.8 Å². The fourth-order valence-corrected chi connectivity index (χ4v) is 1.19. The van der Waals surface area contributed by atoms with Crippen LogP contribution in [-0.2, 0) is 9.59 Å². The largest absolute Gasteiger partial charge is 0.478 e. The Hall–Kier alpha value is -2.62.